The minimum Gasteiger partial charge on any atom is -0.312 e. The first kappa shape index (κ1) is 12.9. The van der Waals surface area contributed by atoms with Gasteiger partial charge in [0.05, 0.1) is 0 Å². The van der Waals surface area contributed by atoms with Gasteiger partial charge in [0.15, 0.2) is 0 Å². The summed E-state index contributed by atoms with van der Waals surface area (Å²) in [5.41, 5.74) is 0. The number of fused-ring (bicyclic) bond motifs is 1. The maximum Gasteiger partial charge on any atom is 0.0416 e. The van der Waals surface area contributed by atoms with E-state index in [2.05, 4.69) is 60.2 Å². The summed E-state index contributed by atoms with van der Waals surface area (Å²) in [5.74, 6) is 0. The molecule has 3 rings (SSSR count). The fraction of sp³-hybridized carbons (Fsp3) is 0.250. The molecule has 0 fully saturated rings. The summed E-state index contributed by atoms with van der Waals surface area (Å²) < 4.78 is 1.38. The van der Waals surface area contributed by atoms with Gasteiger partial charge in [-0.05, 0) is 48.9 Å². The smallest absolute Gasteiger partial charge is 0.0416 e. The number of hydrogen-bond acceptors (Lipinski definition) is 3. The van der Waals surface area contributed by atoms with Gasteiger partial charge < -0.3 is 5.32 Å². The molecule has 0 saturated carbocycles. The van der Waals surface area contributed by atoms with E-state index in [1.165, 1.54) is 19.8 Å². The van der Waals surface area contributed by atoms with Crippen molar-refractivity contribution < 1.29 is 0 Å². The van der Waals surface area contributed by atoms with E-state index in [1.54, 1.807) is 0 Å². The topological polar surface area (TPSA) is 12.0 Å². The van der Waals surface area contributed by atoms with E-state index in [9.17, 15) is 0 Å². The Morgan fingerprint density at radius 2 is 2.05 bits per heavy atom. The number of aryl methyl sites for hydroxylation is 1. The van der Waals surface area contributed by atoms with Gasteiger partial charge >= 0.3 is 0 Å². The maximum atomic E-state index is 3.46. The molecule has 1 atom stereocenters. The summed E-state index contributed by atoms with van der Waals surface area (Å²) in [6.07, 6.45) is 2.31. The van der Waals surface area contributed by atoms with Gasteiger partial charge in [0.2, 0.25) is 0 Å². The Balaban J connectivity index is 1.77. The van der Waals surface area contributed by atoms with Gasteiger partial charge in [-0.25, -0.2) is 0 Å². The monoisotopic (exact) mass is 287 g/mol. The lowest BCUT2D eigenvalue weighted by molar-refractivity contribution is 0.560. The zero-order valence-electron chi connectivity index (χ0n) is 10.9. The molecule has 0 aliphatic carbocycles. The van der Waals surface area contributed by atoms with Gasteiger partial charge in [0.1, 0.15) is 0 Å². The van der Waals surface area contributed by atoms with E-state index in [0.717, 1.165) is 12.8 Å². The van der Waals surface area contributed by atoms with E-state index >= 15 is 0 Å². The Hall–Kier alpha value is -1.16. The van der Waals surface area contributed by atoms with Crippen LogP contribution in [0.25, 0.3) is 10.1 Å². The molecule has 19 heavy (non-hydrogen) atoms. The molecule has 3 aromatic rings. The highest BCUT2D eigenvalue weighted by Gasteiger charge is 2.12. The van der Waals surface area contributed by atoms with Gasteiger partial charge in [-0.2, -0.15) is 0 Å². The van der Waals surface area contributed by atoms with Crippen molar-refractivity contribution in [1.29, 1.82) is 0 Å². The molecule has 0 saturated heterocycles. The Morgan fingerprint density at radius 1 is 1.16 bits per heavy atom. The van der Waals surface area contributed by atoms with Crippen LogP contribution in [0.1, 0.15) is 22.2 Å². The minimum atomic E-state index is 0.458. The third-order valence-corrected chi connectivity index (χ3v) is 5.56. The molecule has 1 aromatic carbocycles. The van der Waals surface area contributed by atoms with E-state index in [-0.39, 0.29) is 0 Å². The van der Waals surface area contributed by atoms with E-state index in [1.807, 2.05) is 22.7 Å². The van der Waals surface area contributed by atoms with Crippen LogP contribution in [-0.4, -0.2) is 7.05 Å². The molecular formula is C16H17NS2. The quantitative estimate of drug-likeness (QED) is 0.707. The van der Waals surface area contributed by atoms with E-state index in [0.29, 0.717) is 6.04 Å². The highest BCUT2D eigenvalue weighted by atomic mass is 32.1. The average Bonchev–Trinajstić information content (AvgIpc) is 3.08. The highest BCUT2D eigenvalue weighted by molar-refractivity contribution is 7.19. The molecule has 98 valence electrons. The largest absolute Gasteiger partial charge is 0.312 e. The van der Waals surface area contributed by atoms with Crippen LogP contribution in [0.3, 0.4) is 0 Å². The standard InChI is InChI=1S/C16H17NS2/c1-17-14(9-8-13-6-4-10-18-13)16-11-12-5-2-3-7-15(12)19-16/h2-7,10-11,14,17H,8-9H2,1H3. The van der Waals surface area contributed by atoms with Crippen molar-refractivity contribution in [2.45, 2.75) is 18.9 Å². The Kier molecular flexibility index (Phi) is 3.97. The lowest BCUT2D eigenvalue weighted by atomic mass is 10.1. The molecular weight excluding hydrogens is 270 g/mol. The van der Waals surface area contributed by atoms with Crippen LogP contribution >= 0.6 is 22.7 Å². The SMILES string of the molecule is CNC(CCc1cccs1)c1cc2ccccc2s1. The normalized spacial score (nSPS) is 12.9. The third kappa shape index (κ3) is 2.89. The molecule has 0 bridgehead atoms. The number of hydrogen-bond donors (Lipinski definition) is 1. The van der Waals surface area contributed by atoms with Crippen molar-refractivity contribution >= 4 is 32.8 Å². The van der Waals surface area contributed by atoms with Crippen molar-refractivity contribution in [2.75, 3.05) is 7.05 Å². The van der Waals surface area contributed by atoms with Crippen LogP contribution in [-0.2, 0) is 6.42 Å². The van der Waals surface area contributed by atoms with Crippen molar-refractivity contribution in [3.05, 3.63) is 57.6 Å². The predicted molar refractivity (Wildman–Crippen MR) is 86.3 cm³/mol. The number of benzene rings is 1. The van der Waals surface area contributed by atoms with Crippen LogP contribution < -0.4 is 5.32 Å². The maximum absolute atomic E-state index is 3.46. The molecule has 2 heterocycles. The number of nitrogens with one attached hydrogen (secondary N) is 1. The van der Waals surface area contributed by atoms with Crippen LogP contribution in [0.15, 0.2) is 47.8 Å². The van der Waals surface area contributed by atoms with Gasteiger partial charge in [-0.1, -0.05) is 24.3 Å². The first-order valence-electron chi connectivity index (χ1n) is 6.55. The summed E-state index contributed by atoms with van der Waals surface area (Å²) in [5, 5.41) is 6.97. The summed E-state index contributed by atoms with van der Waals surface area (Å²) >= 11 is 3.76. The van der Waals surface area contributed by atoms with Gasteiger partial charge in [-0.15, -0.1) is 22.7 Å². The molecule has 2 aromatic heterocycles. The molecule has 1 N–H and O–H groups in total. The second kappa shape index (κ2) is 5.87. The molecule has 0 amide bonds. The molecule has 0 spiro atoms. The van der Waals surface area contributed by atoms with Crippen LogP contribution in [0, 0.1) is 0 Å². The lowest BCUT2D eigenvalue weighted by Crippen LogP contribution is -2.15. The minimum absolute atomic E-state index is 0.458. The highest BCUT2D eigenvalue weighted by Crippen LogP contribution is 2.31. The average molecular weight is 287 g/mol. The number of thiophene rings is 2. The van der Waals surface area contributed by atoms with Crippen molar-refractivity contribution in [3.8, 4) is 0 Å². The molecule has 1 nitrogen and oxygen atoms in total. The van der Waals surface area contributed by atoms with Gasteiger partial charge in [0.25, 0.3) is 0 Å². The molecule has 3 heteroatoms. The molecule has 0 aliphatic rings. The Morgan fingerprint density at radius 3 is 2.79 bits per heavy atom. The molecule has 1 unspecified atom stereocenters. The summed E-state index contributed by atoms with van der Waals surface area (Å²) in [6, 6.07) is 15.8. The fourth-order valence-electron chi connectivity index (χ4n) is 2.34. The second-order valence-electron chi connectivity index (χ2n) is 4.65. The summed E-state index contributed by atoms with van der Waals surface area (Å²) in [7, 11) is 2.06. The van der Waals surface area contributed by atoms with Gasteiger partial charge in [-0.3, -0.25) is 0 Å². The lowest BCUT2D eigenvalue weighted by Gasteiger charge is -2.13. The van der Waals surface area contributed by atoms with Crippen LogP contribution in [0.4, 0.5) is 0 Å². The zero-order valence-corrected chi connectivity index (χ0v) is 12.6. The second-order valence-corrected chi connectivity index (χ2v) is 6.79. The zero-order chi connectivity index (χ0) is 13.1. The Bertz CT molecular complexity index is 607. The molecule has 0 aliphatic heterocycles. The van der Waals surface area contributed by atoms with Crippen molar-refractivity contribution in [2.24, 2.45) is 0 Å². The summed E-state index contributed by atoms with van der Waals surface area (Å²) in [6.45, 7) is 0. The fourth-order valence-corrected chi connectivity index (χ4v) is 4.28. The summed E-state index contributed by atoms with van der Waals surface area (Å²) in [4.78, 5) is 2.92. The van der Waals surface area contributed by atoms with Gasteiger partial charge in [0, 0.05) is 20.5 Å². The van der Waals surface area contributed by atoms with Crippen LogP contribution in [0.5, 0.6) is 0 Å². The van der Waals surface area contributed by atoms with E-state index < -0.39 is 0 Å². The Labute approximate surface area is 121 Å². The van der Waals surface area contributed by atoms with Crippen LogP contribution in [0.2, 0.25) is 0 Å². The number of rotatable bonds is 5. The van der Waals surface area contributed by atoms with Crippen molar-refractivity contribution in [1.82, 2.24) is 5.32 Å². The van der Waals surface area contributed by atoms with E-state index in [4.69, 9.17) is 0 Å². The third-order valence-electron chi connectivity index (χ3n) is 3.40. The first-order chi connectivity index (χ1) is 9.36. The van der Waals surface area contributed by atoms with Crippen molar-refractivity contribution in [3.63, 3.8) is 0 Å². The predicted octanol–water partition coefficient (Wildman–Crippen LogP) is 4.86. The molecule has 0 radical (unpaired) electrons. The first-order valence-corrected chi connectivity index (χ1v) is 8.24.